The van der Waals surface area contributed by atoms with Crippen LogP contribution in [0, 0.1) is 5.92 Å². The smallest absolute Gasteiger partial charge is 0.406 e. The Morgan fingerprint density at radius 2 is 2.03 bits per heavy atom. The molecule has 1 atom stereocenters. The molecule has 8 nitrogen and oxygen atoms in total. The monoisotopic (exact) mass is 461 g/mol. The minimum absolute atomic E-state index is 0.107. The van der Waals surface area contributed by atoms with Gasteiger partial charge in [-0.1, -0.05) is 6.58 Å². The van der Waals surface area contributed by atoms with Gasteiger partial charge in [-0.15, -0.1) is 13.2 Å². The van der Waals surface area contributed by atoms with Crippen LogP contribution in [0.4, 0.5) is 18.9 Å². The van der Waals surface area contributed by atoms with E-state index in [4.69, 9.17) is 0 Å². The van der Waals surface area contributed by atoms with Gasteiger partial charge >= 0.3 is 6.36 Å². The van der Waals surface area contributed by atoms with Crippen LogP contribution in [0.2, 0.25) is 0 Å². The number of hydrogen-bond donors (Lipinski definition) is 2. The van der Waals surface area contributed by atoms with Crippen LogP contribution in [0.3, 0.4) is 0 Å². The molecule has 33 heavy (non-hydrogen) atoms. The third-order valence-electron chi connectivity index (χ3n) is 5.48. The molecule has 0 radical (unpaired) electrons. The third kappa shape index (κ3) is 4.77. The van der Waals surface area contributed by atoms with Crippen LogP contribution in [-0.4, -0.2) is 51.3 Å². The molecule has 0 aliphatic carbocycles. The van der Waals surface area contributed by atoms with Gasteiger partial charge in [-0.25, -0.2) is 9.67 Å². The van der Waals surface area contributed by atoms with Crippen LogP contribution in [0.15, 0.2) is 49.2 Å². The molecule has 3 aromatic rings. The number of benzene rings is 1. The fraction of sp³-hybridized carbons (Fsp3) is 0.318. The average molecular weight is 461 g/mol. The van der Waals surface area contributed by atoms with Gasteiger partial charge in [-0.05, 0) is 43.3 Å². The summed E-state index contributed by atoms with van der Waals surface area (Å²) in [5.41, 5.74) is 2.36. The molecule has 0 unspecified atom stereocenters. The van der Waals surface area contributed by atoms with Gasteiger partial charge in [0.05, 0.1) is 35.1 Å². The number of aliphatic hydroxyl groups excluding tert-OH is 1. The van der Waals surface area contributed by atoms with Crippen LogP contribution in [0.5, 0.6) is 5.75 Å². The number of halogens is 3. The normalized spacial score (nSPS) is 15.2. The van der Waals surface area contributed by atoms with Crippen molar-refractivity contribution in [1.82, 2.24) is 20.1 Å². The first kappa shape index (κ1) is 22.6. The van der Waals surface area contributed by atoms with Crippen molar-refractivity contribution in [2.24, 2.45) is 5.92 Å². The highest BCUT2D eigenvalue weighted by Crippen LogP contribution is 2.35. The molecule has 1 aliphatic rings. The molecule has 1 aliphatic heterocycles. The van der Waals surface area contributed by atoms with Crippen molar-refractivity contribution in [3.63, 3.8) is 0 Å². The van der Waals surface area contributed by atoms with Crippen LogP contribution in [0.1, 0.15) is 12.6 Å². The van der Waals surface area contributed by atoms with Gasteiger partial charge in [0.15, 0.2) is 5.65 Å². The van der Waals surface area contributed by atoms with Crippen LogP contribution in [0.25, 0.3) is 16.7 Å². The van der Waals surface area contributed by atoms with Gasteiger partial charge in [-0.3, -0.25) is 4.79 Å². The largest absolute Gasteiger partial charge is 0.573 e. The van der Waals surface area contributed by atoms with E-state index in [0.29, 0.717) is 35.5 Å². The number of nitrogens with zero attached hydrogens (tertiary/aromatic N) is 4. The third-order valence-corrected chi connectivity index (χ3v) is 5.48. The molecule has 11 heteroatoms. The lowest BCUT2D eigenvalue weighted by atomic mass is 9.93. The Morgan fingerprint density at radius 3 is 2.64 bits per heavy atom. The summed E-state index contributed by atoms with van der Waals surface area (Å²) in [7, 11) is 0. The van der Waals surface area contributed by atoms with E-state index in [1.54, 1.807) is 13.1 Å². The average Bonchev–Trinajstić information content (AvgIpc) is 3.09. The predicted octanol–water partition coefficient (Wildman–Crippen LogP) is 2.94. The van der Waals surface area contributed by atoms with E-state index in [2.05, 4.69) is 31.6 Å². The fourth-order valence-corrected chi connectivity index (χ4v) is 3.71. The van der Waals surface area contributed by atoms with Crippen molar-refractivity contribution in [3.8, 4) is 11.4 Å². The maximum Gasteiger partial charge on any atom is 0.573 e. The second-order valence-electron chi connectivity index (χ2n) is 7.76. The number of aromatic nitrogens is 3. The Balaban J connectivity index is 1.73. The first-order valence-electron chi connectivity index (χ1n) is 10.2. The lowest BCUT2D eigenvalue weighted by Gasteiger charge is -2.42. The zero-order chi connectivity index (χ0) is 23.8. The van der Waals surface area contributed by atoms with Crippen LogP contribution >= 0.6 is 0 Å². The van der Waals surface area contributed by atoms with E-state index >= 15 is 0 Å². The number of nitrogens with one attached hydrogen (secondary N) is 1. The maximum atomic E-state index is 12.5. The van der Waals surface area contributed by atoms with Crippen molar-refractivity contribution < 1.29 is 27.8 Å². The fourth-order valence-electron chi connectivity index (χ4n) is 3.71. The summed E-state index contributed by atoms with van der Waals surface area (Å²) in [4.78, 5) is 18.3. The summed E-state index contributed by atoms with van der Waals surface area (Å²) >= 11 is 0. The number of anilines is 1. The number of carbonyl (C=O) groups excluding carboxylic acids is 1. The van der Waals surface area contributed by atoms with Crippen LogP contribution in [-0.2, 0) is 11.3 Å². The molecule has 3 heterocycles. The van der Waals surface area contributed by atoms with E-state index < -0.39 is 12.5 Å². The molecule has 2 aromatic heterocycles. The first-order chi connectivity index (χ1) is 15.7. The number of aliphatic hydroxyl groups is 1. The molecule has 174 valence electrons. The molecule has 0 bridgehead atoms. The van der Waals surface area contributed by atoms with Gasteiger partial charge in [0.25, 0.3) is 0 Å². The van der Waals surface area contributed by atoms with Crippen molar-refractivity contribution in [2.75, 3.05) is 18.0 Å². The molecule has 1 fully saturated rings. The molecule has 1 aromatic carbocycles. The van der Waals surface area contributed by atoms with E-state index in [-0.39, 0.29) is 24.1 Å². The zero-order valence-corrected chi connectivity index (χ0v) is 17.7. The Morgan fingerprint density at radius 1 is 1.33 bits per heavy atom. The maximum absolute atomic E-state index is 12.5. The number of rotatable bonds is 7. The SMILES string of the molecule is C=CC(=O)NCc1nn(-c2ccc(OC(F)(F)F)cc2)c2nccc(N3CC([C@H](C)O)C3)c12. The highest BCUT2D eigenvalue weighted by atomic mass is 19.4. The quantitative estimate of drug-likeness (QED) is 0.526. The number of fused-ring (bicyclic) bond motifs is 1. The number of carbonyl (C=O) groups is 1. The number of hydrogen-bond acceptors (Lipinski definition) is 6. The highest BCUT2D eigenvalue weighted by Gasteiger charge is 2.33. The Kier molecular flexibility index (Phi) is 5.98. The molecule has 4 rings (SSSR count). The van der Waals surface area contributed by atoms with Gasteiger partial charge < -0.3 is 20.1 Å². The molecular formula is C22H22F3N5O3. The minimum Gasteiger partial charge on any atom is -0.406 e. The van der Waals surface area contributed by atoms with E-state index in [0.717, 1.165) is 11.8 Å². The lowest BCUT2D eigenvalue weighted by Crippen LogP contribution is -2.51. The van der Waals surface area contributed by atoms with Crippen molar-refractivity contribution in [3.05, 3.63) is 54.9 Å². The molecule has 0 spiro atoms. The second-order valence-corrected chi connectivity index (χ2v) is 7.76. The van der Waals surface area contributed by atoms with Gasteiger partial charge in [0, 0.05) is 25.2 Å². The summed E-state index contributed by atoms with van der Waals surface area (Å²) in [5.74, 6) is -0.567. The van der Waals surface area contributed by atoms with Crippen molar-refractivity contribution >= 4 is 22.6 Å². The summed E-state index contributed by atoms with van der Waals surface area (Å²) in [5, 5.41) is 17.8. The van der Waals surface area contributed by atoms with Gasteiger partial charge in [-0.2, -0.15) is 5.10 Å². The molecule has 1 saturated heterocycles. The highest BCUT2D eigenvalue weighted by molar-refractivity contribution is 5.94. The first-order valence-corrected chi connectivity index (χ1v) is 10.2. The van der Waals surface area contributed by atoms with E-state index in [9.17, 15) is 23.1 Å². The molecule has 2 N–H and O–H groups in total. The van der Waals surface area contributed by atoms with E-state index in [1.807, 2.05) is 6.07 Å². The minimum atomic E-state index is -4.78. The summed E-state index contributed by atoms with van der Waals surface area (Å²) in [6, 6.07) is 7.12. The number of ether oxygens (including phenoxy) is 1. The zero-order valence-electron chi connectivity index (χ0n) is 17.7. The molecular weight excluding hydrogens is 439 g/mol. The Hall–Kier alpha value is -3.60. The van der Waals surface area contributed by atoms with Gasteiger partial charge in [0.2, 0.25) is 5.91 Å². The predicted molar refractivity (Wildman–Crippen MR) is 115 cm³/mol. The number of pyridine rings is 1. The van der Waals surface area contributed by atoms with Crippen LogP contribution < -0.4 is 15.0 Å². The summed E-state index contributed by atoms with van der Waals surface area (Å²) in [6.07, 6.45) is -2.43. The summed E-state index contributed by atoms with van der Waals surface area (Å²) < 4.78 is 42.9. The van der Waals surface area contributed by atoms with Crippen molar-refractivity contribution in [2.45, 2.75) is 25.9 Å². The Bertz CT molecular complexity index is 1170. The summed E-state index contributed by atoms with van der Waals surface area (Å²) in [6.45, 7) is 6.62. The molecule has 1 amide bonds. The standard InChI is InChI=1S/C22H22F3N5O3/c1-3-19(32)27-10-17-20-18(29-11-14(12-29)13(2)31)8-9-26-21(20)30(28-17)15-4-6-16(7-5-15)33-22(23,24)25/h3-9,13-14,31H,1,10-12H2,2H3,(H,27,32)/t13-/m0/s1. The number of alkyl halides is 3. The van der Waals surface area contributed by atoms with Gasteiger partial charge in [0.1, 0.15) is 5.75 Å². The molecule has 0 saturated carbocycles. The topological polar surface area (TPSA) is 92.5 Å². The Labute approximate surface area is 187 Å². The second kappa shape index (κ2) is 8.74. The number of amides is 1. The van der Waals surface area contributed by atoms with E-state index in [1.165, 1.54) is 28.9 Å². The lowest BCUT2D eigenvalue weighted by molar-refractivity contribution is -0.274. The van der Waals surface area contributed by atoms with Crippen molar-refractivity contribution in [1.29, 1.82) is 0 Å².